The van der Waals surface area contributed by atoms with Crippen molar-refractivity contribution in [2.24, 2.45) is 4.99 Å². The van der Waals surface area contributed by atoms with E-state index >= 15 is 0 Å². The summed E-state index contributed by atoms with van der Waals surface area (Å²) < 4.78 is 24.8. The molecule has 1 aromatic rings. The number of nitrogens with zero attached hydrogens (tertiary/aromatic N) is 2. The van der Waals surface area contributed by atoms with Crippen molar-refractivity contribution in [1.82, 2.24) is 10.2 Å². The number of rotatable bonds is 4. The number of sulfone groups is 1. The quantitative estimate of drug-likeness (QED) is 0.914. The Bertz CT molecular complexity index is 608. The first-order valence-electron chi connectivity index (χ1n) is 7.20. The summed E-state index contributed by atoms with van der Waals surface area (Å²) in [6.45, 7) is 5.56. The van der Waals surface area contributed by atoms with Crippen LogP contribution in [-0.4, -0.2) is 51.2 Å². The highest BCUT2D eigenvalue weighted by Gasteiger charge is 2.20. The van der Waals surface area contributed by atoms with E-state index in [0.717, 1.165) is 31.0 Å². The summed E-state index contributed by atoms with van der Waals surface area (Å²) in [6.07, 6.45) is 1.04. The molecule has 2 rings (SSSR count). The van der Waals surface area contributed by atoms with Gasteiger partial charge >= 0.3 is 0 Å². The molecule has 0 bridgehead atoms. The molecule has 1 unspecified atom stereocenters. The van der Waals surface area contributed by atoms with Crippen LogP contribution in [0.3, 0.4) is 0 Å². The van der Waals surface area contributed by atoms with Gasteiger partial charge in [-0.1, -0.05) is 17.7 Å². The molecule has 0 aliphatic carbocycles. The van der Waals surface area contributed by atoms with Gasteiger partial charge in [0.2, 0.25) is 0 Å². The third-order valence-corrected chi connectivity index (χ3v) is 5.43. The molecule has 0 saturated carbocycles. The van der Waals surface area contributed by atoms with Crippen molar-refractivity contribution in [3.8, 4) is 0 Å². The zero-order valence-corrected chi connectivity index (χ0v) is 13.7. The third kappa shape index (κ3) is 4.20. The van der Waals surface area contributed by atoms with E-state index in [1.807, 2.05) is 37.9 Å². The van der Waals surface area contributed by atoms with Gasteiger partial charge in [-0.05, 0) is 32.4 Å². The van der Waals surface area contributed by atoms with Gasteiger partial charge in [0, 0.05) is 26.2 Å². The lowest BCUT2D eigenvalue weighted by Gasteiger charge is -2.28. The summed E-state index contributed by atoms with van der Waals surface area (Å²) in [7, 11) is -1.32. The molecule has 6 heteroatoms. The molecule has 116 valence electrons. The maximum Gasteiger partial charge on any atom is 0.193 e. The highest BCUT2D eigenvalue weighted by Crippen LogP contribution is 2.13. The van der Waals surface area contributed by atoms with Crippen LogP contribution in [0.2, 0.25) is 0 Å². The van der Waals surface area contributed by atoms with Crippen molar-refractivity contribution < 1.29 is 8.42 Å². The van der Waals surface area contributed by atoms with E-state index in [2.05, 4.69) is 10.3 Å². The zero-order chi connectivity index (χ0) is 15.5. The van der Waals surface area contributed by atoms with Crippen molar-refractivity contribution >= 4 is 15.8 Å². The predicted molar refractivity (Wildman–Crippen MR) is 85.4 cm³/mol. The number of guanidine groups is 1. The molecule has 21 heavy (non-hydrogen) atoms. The standard InChI is InChI=1S/C15H23N3O2S/c1-12-5-7-14(8-6-12)21(19,20)11-13(2)17-15-16-9-4-10-18(15)3/h5-8,13H,4,9-11H2,1-3H3,(H,16,17). The molecular weight excluding hydrogens is 286 g/mol. The lowest BCUT2D eigenvalue weighted by atomic mass is 10.2. The van der Waals surface area contributed by atoms with Crippen molar-refractivity contribution in [3.63, 3.8) is 0 Å². The minimum Gasteiger partial charge on any atom is -0.353 e. The van der Waals surface area contributed by atoms with Crippen LogP contribution in [0.5, 0.6) is 0 Å². The first kappa shape index (κ1) is 15.8. The average Bonchev–Trinajstić information content (AvgIpc) is 2.41. The average molecular weight is 309 g/mol. The van der Waals surface area contributed by atoms with E-state index in [0.29, 0.717) is 4.90 Å². The molecule has 1 atom stereocenters. The first-order valence-corrected chi connectivity index (χ1v) is 8.85. The Labute approximate surface area is 127 Å². The number of hydrogen-bond acceptors (Lipinski definition) is 5. The van der Waals surface area contributed by atoms with E-state index in [-0.39, 0.29) is 11.8 Å². The second kappa shape index (κ2) is 6.47. The fraction of sp³-hybridized carbons (Fsp3) is 0.533. The number of benzene rings is 1. The Kier molecular flexibility index (Phi) is 4.88. The molecule has 1 aliphatic heterocycles. The van der Waals surface area contributed by atoms with E-state index < -0.39 is 9.84 Å². The van der Waals surface area contributed by atoms with Gasteiger partial charge < -0.3 is 10.2 Å². The van der Waals surface area contributed by atoms with Crippen LogP contribution in [0, 0.1) is 6.92 Å². The van der Waals surface area contributed by atoms with Crippen LogP contribution in [-0.2, 0) is 9.84 Å². The molecule has 0 fully saturated rings. The van der Waals surface area contributed by atoms with Gasteiger partial charge in [-0.15, -0.1) is 0 Å². The van der Waals surface area contributed by atoms with Crippen molar-refractivity contribution in [2.75, 3.05) is 25.9 Å². The SMILES string of the molecule is Cc1ccc(S(=O)(=O)CC(C)NC2=NCCCN2C)cc1. The first-order chi connectivity index (χ1) is 9.88. The fourth-order valence-electron chi connectivity index (χ4n) is 2.31. The smallest absolute Gasteiger partial charge is 0.193 e. The molecule has 1 N–H and O–H groups in total. The molecule has 0 aromatic heterocycles. The monoisotopic (exact) mass is 309 g/mol. The summed E-state index contributed by atoms with van der Waals surface area (Å²) >= 11 is 0. The Morgan fingerprint density at radius 3 is 2.62 bits per heavy atom. The minimum atomic E-state index is -3.28. The molecule has 0 spiro atoms. The van der Waals surface area contributed by atoms with Gasteiger partial charge in [0.05, 0.1) is 10.6 Å². The topological polar surface area (TPSA) is 61.8 Å². The van der Waals surface area contributed by atoms with Crippen LogP contribution in [0.1, 0.15) is 18.9 Å². The largest absolute Gasteiger partial charge is 0.353 e. The van der Waals surface area contributed by atoms with Crippen LogP contribution in [0.15, 0.2) is 34.2 Å². The van der Waals surface area contributed by atoms with E-state index in [9.17, 15) is 8.42 Å². The predicted octanol–water partition coefficient (Wildman–Crippen LogP) is 1.44. The highest BCUT2D eigenvalue weighted by molar-refractivity contribution is 7.91. The molecule has 0 radical (unpaired) electrons. The van der Waals surface area contributed by atoms with Gasteiger partial charge in [0.1, 0.15) is 0 Å². The lowest BCUT2D eigenvalue weighted by Crippen LogP contribution is -2.47. The van der Waals surface area contributed by atoms with E-state index in [4.69, 9.17) is 0 Å². The van der Waals surface area contributed by atoms with Gasteiger partial charge in [-0.2, -0.15) is 0 Å². The Morgan fingerprint density at radius 2 is 2.00 bits per heavy atom. The van der Waals surface area contributed by atoms with E-state index in [1.54, 1.807) is 12.1 Å². The van der Waals surface area contributed by atoms with Gasteiger partial charge in [0.15, 0.2) is 15.8 Å². The number of hydrogen-bond donors (Lipinski definition) is 1. The summed E-state index contributed by atoms with van der Waals surface area (Å²) in [5.41, 5.74) is 1.05. The Balaban J connectivity index is 2.02. The molecule has 0 saturated heterocycles. The Morgan fingerprint density at radius 1 is 1.33 bits per heavy atom. The third-order valence-electron chi connectivity index (χ3n) is 3.50. The normalized spacial score (nSPS) is 17.3. The van der Waals surface area contributed by atoms with Crippen LogP contribution >= 0.6 is 0 Å². The molecule has 1 aromatic carbocycles. The van der Waals surface area contributed by atoms with Gasteiger partial charge in [0.25, 0.3) is 0 Å². The lowest BCUT2D eigenvalue weighted by molar-refractivity contribution is 0.439. The maximum atomic E-state index is 12.4. The van der Waals surface area contributed by atoms with Crippen LogP contribution < -0.4 is 5.32 Å². The van der Waals surface area contributed by atoms with Gasteiger partial charge in [-0.25, -0.2) is 8.42 Å². The van der Waals surface area contributed by atoms with Crippen LogP contribution in [0.25, 0.3) is 0 Å². The molecule has 0 amide bonds. The van der Waals surface area contributed by atoms with Crippen molar-refractivity contribution in [2.45, 2.75) is 31.2 Å². The number of nitrogens with one attached hydrogen (secondary N) is 1. The second-order valence-electron chi connectivity index (χ2n) is 5.62. The fourth-order valence-corrected chi connectivity index (χ4v) is 3.79. The van der Waals surface area contributed by atoms with Crippen molar-refractivity contribution in [3.05, 3.63) is 29.8 Å². The summed E-state index contributed by atoms with van der Waals surface area (Å²) in [6, 6.07) is 6.80. The Hall–Kier alpha value is -1.56. The van der Waals surface area contributed by atoms with Crippen molar-refractivity contribution in [1.29, 1.82) is 0 Å². The van der Waals surface area contributed by atoms with E-state index in [1.165, 1.54) is 0 Å². The molecular formula is C15H23N3O2S. The molecule has 1 heterocycles. The summed E-state index contributed by atoms with van der Waals surface area (Å²) in [5.74, 6) is 0.844. The second-order valence-corrected chi connectivity index (χ2v) is 7.65. The highest BCUT2D eigenvalue weighted by atomic mass is 32.2. The molecule has 1 aliphatic rings. The van der Waals surface area contributed by atoms with Crippen LogP contribution in [0.4, 0.5) is 0 Å². The number of aryl methyl sites for hydroxylation is 1. The van der Waals surface area contributed by atoms with Gasteiger partial charge in [-0.3, -0.25) is 4.99 Å². The number of aliphatic imine (C=N–C) groups is 1. The summed E-state index contributed by atoms with van der Waals surface area (Å²) in [4.78, 5) is 6.80. The summed E-state index contributed by atoms with van der Waals surface area (Å²) in [5, 5.41) is 3.20. The zero-order valence-electron chi connectivity index (χ0n) is 12.8. The minimum absolute atomic E-state index is 0.0585. The maximum absolute atomic E-state index is 12.4. The molecule has 5 nitrogen and oxygen atoms in total.